The maximum absolute atomic E-state index is 13.6. The van der Waals surface area contributed by atoms with Crippen molar-refractivity contribution in [3.63, 3.8) is 0 Å². The maximum Gasteiger partial charge on any atom is 0.240 e. The Morgan fingerprint density at radius 3 is 2.65 bits per heavy atom. The largest absolute Gasteiger partial charge is 0.489 e. The zero-order chi connectivity index (χ0) is 13.0. The van der Waals surface area contributed by atoms with Crippen LogP contribution in [0.4, 0.5) is 4.39 Å². The van der Waals surface area contributed by atoms with Gasteiger partial charge in [0.05, 0.1) is 17.4 Å². The zero-order valence-electron chi connectivity index (χ0n) is 9.16. The minimum atomic E-state index is -1.89. The van der Waals surface area contributed by atoms with E-state index in [1.807, 2.05) is 0 Å². The number of allylic oxidation sites excluding steroid dienone is 3. The van der Waals surface area contributed by atoms with E-state index in [2.05, 4.69) is 4.99 Å². The summed E-state index contributed by atoms with van der Waals surface area (Å²) in [4.78, 5) is 23.9. The van der Waals surface area contributed by atoms with Crippen molar-refractivity contribution in [2.45, 2.75) is 26.1 Å². The maximum atomic E-state index is 13.6. The molecule has 0 fully saturated rings. The molecule has 0 spiro atoms. The van der Waals surface area contributed by atoms with E-state index in [4.69, 9.17) is 16.3 Å². The van der Waals surface area contributed by atoms with Gasteiger partial charge in [0.25, 0.3) is 0 Å². The molecular formula is C11H9ClFNO3. The van der Waals surface area contributed by atoms with Gasteiger partial charge in [-0.1, -0.05) is 11.6 Å². The molecule has 0 aromatic carbocycles. The number of nitrogens with zero attached hydrogens (tertiary/aromatic N) is 1. The molecular weight excluding hydrogens is 249 g/mol. The first kappa shape index (κ1) is 13.4. The van der Waals surface area contributed by atoms with Gasteiger partial charge in [-0.05, 0) is 13.8 Å². The molecule has 0 heterocycles. The topological polar surface area (TPSA) is 55.7 Å². The van der Waals surface area contributed by atoms with Crippen LogP contribution in [0.25, 0.3) is 0 Å². The molecule has 1 unspecified atom stereocenters. The Labute approximate surface area is 102 Å². The smallest absolute Gasteiger partial charge is 0.240 e. The van der Waals surface area contributed by atoms with E-state index in [0.717, 1.165) is 0 Å². The van der Waals surface area contributed by atoms with Crippen LogP contribution in [-0.4, -0.2) is 24.3 Å². The molecule has 1 atom stereocenters. The number of rotatable bonds is 3. The van der Waals surface area contributed by atoms with Crippen molar-refractivity contribution in [2.75, 3.05) is 0 Å². The van der Waals surface area contributed by atoms with Crippen molar-refractivity contribution >= 4 is 23.6 Å². The van der Waals surface area contributed by atoms with E-state index in [9.17, 15) is 14.0 Å². The molecule has 0 bridgehead atoms. The molecule has 1 aliphatic carbocycles. The highest BCUT2D eigenvalue weighted by Crippen LogP contribution is 2.33. The van der Waals surface area contributed by atoms with Crippen LogP contribution in [0.1, 0.15) is 13.8 Å². The summed E-state index contributed by atoms with van der Waals surface area (Å²) >= 11 is 5.78. The molecule has 1 aliphatic rings. The van der Waals surface area contributed by atoms with Gasteiger partial charge in [-0.2, -0.15) is 4.99 Å². The molecule has 0 aromatic heterocycles. The van der Waals surface area contributed by atoms with Gasteiger partial charge in [0.1, 0.15) is 16.7 Å². The third-order valence-electron chi connectivity index (χ3n) is 1.89. The first-order chi connectivity index (χ1) is 8.01. The summed E-state index contributed by atoms with van der Waals surface area (Å²) in [6, 6.07) is 0. The second-order valence-electron chi connectivity index (χ2n) is 3.50. The third kappa shape index (κ3) is 2.92. The van der Waals surface area contributed by atoms with E-state index < -0.39 is 11.7 Å². The Balaban J connectivity index is 3.29. The first-order valence-electron chi connectivity index (χ1n) is 4.76. The van der Waals surface area contributed by atoms with Gasteiger partial charge in [0.2, 0.25) is 6.08 Å². The summed E-state index contributed by atoms with van der Waals surface area (Å²) in [5.41, 5.74) is -0.711. The number of aliphatic imine (C=N–C) groups is 1. The summed E-state index contributed by atoms with van der Waals surface area (Å²) in [6.07, 6.45) is 0.259. The Hall–Kier alpha value is -1.67. The summed E-state index contributed by atoms with van der Waals surface area (Å²) in [5, 5.41) is -0.161. The summed E-state index contributed by atoms with van der Waals surface area (Å²) in [7, 11) is 0. The second kappa shape index (κ2) is 5.60. The highest BCUT2D eigenvalue weighted by atomic mass is 35.5. The van der Waals surface area contributed by atoms with E-state index >= 15 is 0 Å². The van der Waals surface area contributed by atoms with Crippen LogP contribution in [-0.2, 0) is 14.3 Å². The molecule has 90 valence electrons. The van der Waals surface area contributed by atoms with E-state index in [-0.39, 0.29) is 22.6 Å². The summed E-state index contributed by atoms with van der Waals surface area (Å²) < 4.78 is 18.9. The number of hydrogen-bond donors (Lipinski definition) is 0. The zero-order valence-corrected chi connectivity index (χ0v) is 9.92. The molecule has 0 aliphatic heterocycles. The van der Waals surface area contributed by atoms with Crippen LogP contribution >= 0.6 is 11.6 Å². The summed E-state index contributed by atoms with van der Waals surface area (Å²) in [5.74, 6) is 1.47. The van der Waals surface area contributed by atoms with Crippen LogP contribution in [0.2, 0.25) is 0 Å². The van der Waals surface area contributed by atoms with Crippen LogP contribution in [0.15, 0.2) is 33.1 Å². The Morgan fingerprint density at radius 1 is 1.53 bits per heavy atom. The normalized spacial score (nSPS) is 19.7. The van der Waals surface area contributed by atoms with E-state index in [1.165, 1.54) is 18.1 Å². The Bertz CT molecular complexity index is 483. The lowest BCUT2D eigenvalue weighted by atomic mass is 10.0. The van der Waals surface area contributed by atoms with Crippen LogP contribution in [0.5, 0.6) is 0 Å². The van der Waals surface area contributed by atoms with Crippen LogP contribution in [0, 0.1) is 0 Å². The van der Waals surface area contributed by atoms with Gasteiger partial charge < -0.3 is 4.74 Å². The number of carbonyl (C=O) groups excluding carboxylic acids is 2. The van der Waals surface area contributed by atoms with E-state index in [1.54, 1.807) is 13.8 Å². The van der Waals surface area contributed by atoms with Gasteiger partial charge in [-0.25, -0.2) is 14.0 Å². The van der Waals surface area contributed by atoms with Gasteiger partial charge >= 0.3 is 0 Å². The monoisotopic (exact) mass is 257 g/mol. The molecule has 0 amide bonds. The average molecular weight is 258 g/mol. The van der Waals surface area contributed by atoms with Crippen molar-refractivity contribution in [3.8, 4) is 0 Å². The standard InChI is InChI=1S/C11H9ClFNO3/c1-6(2)17-9-3-8(14-5-16)11(13)7(4-15)10(9)12/h3,6,11H,1-2H3. The fourth-order valence-electron chi connectivity index (χ4n) is 1.24. The fourth-order valence-corrected chi connectivity index (χ4v) is 1.47. The SMILES string of the molecule is CC(C)OC1=C(Cl)C(=C=O)C(F)C(N=C=O)=C1. The van der Waals surface area contributed by atoms with Crippen molar-refractivity contribution in [1.29, 1.82) is 0 Å². The Kier molecular flexibility index (Phi) is 4.41. The van der Waals surface area contributed by atoms with Gasteiger partial charge in [-0.15, -0.1) is 0 Å². The minimum absolute atomic E-state index is 0.0860. The predicted octanol–water partition coefficient (Wildman–Crippen LogP) is 2.19. The van der Waals surface area contributed by atoms with Crippen molar-refractivity contribution < 1.29 is 18.7 Å². The molecule has 1 rings (SSSR count). The molecule has 0 saturated carbocycles. The van der Waals surface area contributed by atoms with Crippen molar-refractivity contribution in [2.24, 2.45) is 4.99 Å². The molecule has 0 aromatic rings. The molecule has 6 heteroatoms. The van der Waals surface area contributed by atoms with E-state index in [0.29, 0.717) is 0 Å². The number of alkyl halides is 1. The lowest BCUT2D eigenvalue weighted by Gasteiger charge is -2.19. The Morgan fingerprint density at radius 2 is 2.18 bits per heavy atom. The first-order valence-corrected chi connectivity index (χ1v) is 5.14. The third-order valence-corrected chi connectivity index (χ3v) is 2.28. The number of halogens is 2. The molecule has 0 saturated heterocycles. The number of ether oxygens (including phenoxy) is 1. The predicted molar refractivity (Wildman–Crippen MR) is 59.4 cm³/mol. The van der Waals surface area contributed by atoms with Crippen LogP contribution < -0.4 is 0 Å². The molecule has 0 radical (unpaired) electrons. The minimum Gasteiger partial charge on any atom is -0.489 e. The number of isocyanates is 1. The molecule has 0 N–H and O–H groups in total. The van der Waals surface area contributed by atoms with Crippen molar-refractivity contribution in [1.82, 2.24) is 0 Å². The summed E-state index contributed by atoms with van der Waals surface area (Å²) in [6.45, 7) is 3.47. The fraction of sp³-hybridized carbons (Fsp3) is 0.364. The molecule has 17 heavy (non-hydrogen) atoms. The second-order valence-corrected chi connectivity index (χ2v) is 3.87. The lowest BCUT2D eigenvalue weighted by Crippen LogP contribution is -2.16. The highest BCUT2D eigenvalue weighted by Gasteiger charge is 2.30. The van der Waals surface area contributed by atoms with Crippen LogP contribution in [0.3, 0.4) is 0 Å². The average Bonchev–Trinajstić information content (AvgIpc) is 2.25. The van der Waals surface area contributed by atoms with Gasteiger partial charge in [0, 0.05) is 6.08 Å². The van der Waals surface area contributed by atoms with Gasteiger partial charge in [-0.3, -0.25) is 0 Å². The molecule has 4 nitrogen and oxygen atoms in total. The highest BCUT2D eigenvalue weighted by molar-refractivity contribution is 6.33. The lowest BCUT2D eigenvalue weighted by molar-refractivity contribution is 0.155. The van der Waals surface area contributed by atoms with Crippen molar-refractivity contribution in [3.05, 3.63) is 28.1 Å². The van der Waals surface area contributed by atoms with Gasteiger partial charge in [0.15, 0.2) is 6.17 Å². The quantitative estimate of drug-likeness (QED) is 0.442. The number of hydrogen-bond acceptors (Lipinski definition) is 4.